The first kappa shape index (κ1) is 15.7. The number of benzene rings is 1. The van der Waals surface area contributed by atoms with E-state index in [0.717, 1.165) is 41.3 Å². The van der Waals surface area contributed by atoms with Gasteiger partial charge in [0, 0.05) is 30.1 Å². The summed E-state index contributed by atoms with van der Waals surface area (Å²) in [6.45, 7) is 0.905. The Morgan fingerprint density at radius 2 is 1.80 bits per heavy atom. The van der Waals surface area contributed by atoms with Gasteiger partial charge in [-0.15, -0.1) is 0 Å². The van der Waals surface area contributed by atoms with E-state index in [4.69, 9.17) is 4.98 Å². The maximum Gasteiger partial charge on any atom is 0.125 e. The molecular weight excluding hydrogens is 315 g/mol. The Labute approximate surface area is 146 Å². The van der Waals surface area contributed by atoms with Gasteiger partial charge in [0.1, 0.15) is 11.6 Å². The molecule has 0 fully saturated rings. The fraction of sp³-hybridized carbons (Fsp3) is 0.200. The number of aromatic amines is 1. The van der Waals surface area contributed by atoms with E-state index in [9.17, 15) is 4.39 Å². The highest BCUT2D eigenvalue weighted by molar-refractivity contribution is 5.78. The third-order valence-electron chi connectivity index (χ3n) is 4.58. The smallest absolute Gasteiger partial charge is 0.125 e. The minimum Gasteiger partial charge on any atom is -0.340 e. The zero-order valence-electron chi connectivity index (χ0n) is 14.0. The molecule has 1 aliphatic heterocycles. The van der Waals surface area contributed by atoms with Gasteiger partial charge in [-0.2, -0.15) is 0 Å². The largest absolute Gasteiger partial charge is 0.340 e. The van der Waals surface area contributed by atoms with Gasteiger partial charge < -0.3 is 4.98 Å². The first-order chi connectivity index (χ1) is 12.2. The highest BCUT2D eigenvalue weighted by Crippen LogP contribution is 2.34. The molecule has 0 amide bonds. The predicted octanol–water partition coefficient (Wildman–Crippen LogP) is 4.21. The van der Waals surface area contributed by atoms with Crippen LogP contribution in [-0.2, 0) is 0 Å². The highest BCUT2D eigenvalue weighted by Gasteiger charge is 2.24. The van der Waals surface area contributed by atoms with Gasteiger partial charge in [-0.05, 0) is 49.9 Å². The Morgan fingerprint density at radius 1 is 1.04 bits per heavy atom. The zero-order chi connectivity index (χ0) is 17.2. The Kier molecular flexibility index (Phi) is 4.15. The van der Waals surface area contributed by atoms with Gasteiger partial charge in [-0.1, -0.05) is 12.2 Å². The Morgan fingerprint density at radius 3 is 2.52 bits per heavy atom. The van der Waals surface area contributed by atoms with Crippen LogP contribution in [0.25, 0.3) is 22.5 Å². The monoisotopic (exact) mass is 334 g/mol. The average molecular weight is 334 g/mol. The van der Waals surface area contributed by atoms with Crippen LogP contribution in [0.15, 0.2) is 60.9 Å². The molecule has 0 aliphatic carbocycles. The lowest BCUT2D eigenvalue weighted by Gasteiger charge is -2.27. The van der Waals surface area contributed by atoms with Crippen molar-refractivity contribution in [2.75, 3.05) is 13.6 Å². The van der Waals surface area contributed by atoms with Crippen LogP contribution in [0.5, 0.6) is 0 Å². The van der Waals surface area contributed by atoms with Crippen LogP contribution in [0, 0.1) is 5.82 Å². The maximum atomic E-state index is 13.3. The number of pyridine rings is 1. The van der Waals surface area contributed by atoms with E-state index in [1.807, 2.05) is 12.1 Å². The number of hydrogen-bond donors (Lipinski definition) is 1. The van der Waals surface area contributed by atoms with Crippen molar-refractivity contribution in [2.24, 2.45) is 0 Å². The summed E-state index contributed by atoms with van der Waals surface area (Å²) in [5, 5.41) is 0. The maximum absolute atomic E-state index is 13.3. The molecule has 4 rings (SSSR count). The lowest BCUT2D eigenvalue weighted by Crippen LogP contribution is -2.27. The fourth-order valence-electron chi connectivity index (χ4n) is 3.19. The van der Waals surface area contributed by atoms with Gasteiger partial charge in [0.25, 0.3) is 0 Å². The number of nitrogens with zero attached hydrogens (tertiary/aromatic N) is 3. The molecule has 126 valence electrons. The Bertz CT molecular complexity index is 884. The molecule has 0 spiro atoms. The molecule has 1 N–H and O–H groups in total. The van der Waals surface area contributed by atoms with Crippen molar-refractivity contribution in [2.45, 2.75) is 12.5 Å². The molecule has 1 aromatic carbocycles. The van der Waals surface area contributed by atoms with Crippen LogP contribution in [0.4, 0.5) is 4.39 Å². The molecule has 1 unspecified atom stereocenters. The molecule has 2 aromatic heterocycles. The molecule has 3 aromatic rings. The van der Waals surface area contributed by atoms with Crippen LogP contribution in [0.1, 0.15) is 18.3 Å². The second-order valence-corrected chi connectivity index (χ2v) is 6.25. The summed E-state index contributed by atoms with van der Waals surface area (Å²) in [7, 11) is 2.10. The van der Waals surface area contributed by atoms with E-state index < -0.39 is 0 Å². The van der Waals surface area contributed by atoms with Crippen LogP contribution in [-0.4, -0.2) is 33.4 Å². The summed E-state index contributed by atoms with van der Waals surface area (Å²) < 4.78 is 13.3. The van der Waals surface area contributed by atoms with Gasteiger partial charge in [-0.25, -0.2) is 9.37 Å². The number of H-pyrrole nitrogens is 1. The summed E-state index contributed by atoms with van der Waals surface area (Å²) >= 11 is 0. The SMILES string of the molecule is CN1CC=CCC1c1nc(-c2ccc(F)cc2)c(-c2ccncc2)[nH]1. The summed E-state index contributed by atoms with van der Waals surface area (Å²) in [6.07, 6.45) is 8.81. The number of halogens is 1. The van der Waals surface area contributed by atoms with E-state index in [1.165, 1.54) is 12.1 Å². The summed E-state index contributed by atoms with van der Waals surface area (Å²) in [4.78, 5) is 14.7. The lowest BCUT2D eigenvalue weighted by molar-refractivity contribution is 0.251. The van der Waals surface area contributed by atoms with Crippen molar-refractivity contribution < 1.29 is 4.39 Å². The second kappa shape index (κ2) is 6.61. The van der Waals surface area contributed by atoms with Crippen molar-refractivity contribution in [1.82, 2.24) is 19.9 Å². The van der Waals surface area contributed by atoms with Crippen molar-refractivity contribution >= 4 is 0 Å². The van der Waals surface area contributed by atoms with Crippen LogP contribution in [0.3, 0.4) is 0 Å². The van der Waals surface area contributed by atoms with Crippen molar-refractivity contribution in [3.63, 3.8) is 0 Å². The number of rotatable bonds is 3. The fourth-order valence-corrected chi connectivity index (χ4v) is 3.19. The molecular formula is C20H19FN4. The van der Waals surface area contributed by atoms with Crippen LogP contribution in [0.2, 0.25) is 0 Å². The quantitative estimate of drug-likeness (QED) is 0.730. The Hall–Kier alpha value is -2.79. The number of aromatic nitrogens is 3. The first-order valence-corrected chi connectivity index (χ1v) is 8.34. The standard InChI is InChI=1S/C20H19FN4/c1-25-13-3-2-4-17(25)20-23-18(14-5-7-16(21)8-6-14)19(24-20)15-9-11-22-12-10-15/h2-3,5-12,17H,4,13H2,1H3,(H,23,24). The van der Waals surface area contributed by atoms with E-state index in [0.29, 0.717) is 0 Å². The molecule has 5 heteroatoms. The molecule has 3 heterocycles. The Balaban J connectivity index is 1.83. The predicted molar refractivity (Wildman–Crippen MR) is 96.3 cm³/mol. The minimum absolute atomic E-state index is 0.208. The third kappa shape index (κ3) is 3.10. The number of hydrogen-bond acceptors (Lipinski definition) is 3. The molecule has 1 aliphatic rings. The normalized spacial score (nSPS) is 17.8. The minimum atomic E-state index is -0.248. The van der Waals surface area contributed by atoms with E-state index in [2.05, 4.69) is 34.1 Å². The van der Waals surface area contributed by atoms with Gasteiger partial charge in [-0.3, -0.25) is 9.88 Å². The number of nitrogens with one attached hydrogen (secondary N) is 1. The van der Waals surface area contributed by atoms with Gasteiger partial charge >= 0.3 is 0 Å². The molecule has 0 bridgehead atoms. The number of imidazole rings is 1. The summed E-state index contributed by atoms with van der Waals surface area (Å²) in [6, 6.07) is 10.6. The van der Waals surface area contributed by atoms with Crippen molar-refractivity contribution in [3.8, 4) is 22.5 Å². The van der Waals surface area contributed by atoms with E-state index >= 15 is 0 Å². The zero-order valence-corrected chi connectivity index (χ0v) is 14.0. The topological polar surface area (TPSA) is 44.8 Å². The van der Waals surface area contributed by atoms with Gasteiger partial charge in [0.05, 0.1) is 17.4 Å². The molecule has 1 atom stereocenters. The molecule has 4 nitrogen and oxygen atoms in total. The molecule has 0 saturated heterocycles. The van der Waals surface area contributed by atoms with E-state index in [1.54, 1.807) is 24.5 Å². The van der Waals surface area contributed by atoms with Crippen LogP contribution < -0.4 is 0 Å². The molecule has 0 radical (unpaired) electrons. The number of likely N-dealkylation sites (N-methyl/N-ethyl adjacent to an activating group) is 1. The van der Waals surface area contributed by atoms with Gasteiger partial charge in [0.2, 0.25) is 0 Å². The highest BCUT2D eigenvalue weighted by atomic mass is 19.1. The average Bonchev–Trinajstić information content (AvgIpc) is 3.08. The summed E-state index contributed by atoms with van der Waals surface area (Å²) in [5.74, 6) is 0.681. The third-order valence-corrected chi connectivity index (χ3v) is 4.58. The first-order valence-electron chi connectivity index (χ1n) is 8.34. The lowest BCUT2D eigenvalue weighted by atomic mass is 10.1. The van der Waals surface area contributed by atoms with Crippen LogP contribution >= 0.6 is 0 Å². The van der Waals surface area contributed by atoms with Gasteiger partial charge in [0.15, 0.2) is 0 Å². The summed E-state index contributed by atoms with van der Waals surface area (Å²) in [5.41, 5.74) is 3.68. The van der Waals surface area contributed by atoms with E-state index in [-0.39, 0.29) is 11.9 Å². The second-order valence-electron chi connectivity index (χ2n) is 6.25. The van der Waals surface area contributed by atoms with Crippen molar-refractivity contribution in [3.05, 3.63) is 72.6 Å². The molecule has 25 heavy (non-hydrogen) atoms. The van der Waals surface area contributed by atoms with Crippen molar-refractivity contribution in [1.29, 1.82) is 0 Å². The molecule has 0 saturated carbocycles.